The van der Waals surface area contributed by atoms with E-state index in [9.17, 15) is 20.0 Å². The fraction of sp³-hybridized carbons (Fsp3) is 0.400. The number of aliphatic hydroxyl groups excluding tert-OH is 2. The summed E-state index contributed by atoms with van der Waals surface area (Å²) in [6.45, 7) is 1.54. The largest absolute Gasteiger partial charge is 0.447 e. The van der Waals surface area contributed by atoms with E-state index in [2.05, 4.69) is 11.1 Å². The van der Waals surface area contributed by atoms with Crippen molar-refractivity contribution in [2.24, 2.45) is 0 Å². The Morgan fingerprint density at radius 2 is 2.27 bits per heavy atom. The molecule has 2 aromatic heterocycles. The standard InChI is InChI=1S/C20H22N4O5S/c1-2-18(27)24(17-5-3-4-7-22-17)19-15(9-21)14-6-8-23(10-16(14)30-19)20(28)29-12-13(26)11-25/h3-5,7,13,25-26H,2,6,8,10-12H2,1H3. The monoisotopic (exact) mass is 430 g/mol. The molecule has 0 bridgehead atoms. The Morgan fingerprint density at radius 1 is 1.47 bits per heavy atom. The lowest BCUT2D eigenvalue weighted by atomic mass is 10.0. The van der Waals surface area contributed by atoms with Crippen LogP contribution in [0.4, 0.5) is 15.6 Å². The number of pyridine rings is 1. The van der Waals surface area contributed by atoms with Crippen LogP contribution in [0, 0.1) is 11.3 Å². The second-order valence-corrected chi connectivity index (χ2v) is 7.73. The van der Waals surface area contributed by atoms with E-state index >= 15 is 0 Å². The van der Waals surface area contributed by atoms with Gasteiger partial charge >= 0.3 is 6.09 Å². The maximum absolute atomic E-state index is 12.7. The van der Waals surface area contributed by atoms with Crippen LogP contribution in [0.15, 0.2) is 24.4 Å². The topological polar surface area (TPSA) is 127 Å². The summed E-state index contributed by atoms with van der Waals surface area (Å²) in [6, 6.07) is 7.45. The highest BCUT2D eigenvalue weighted by Crippen LogP contribution is 2.41. The van der Waals surface area contributed by atoms with Gasteiger partial charge in [-0.05, 0) is 24.1 Å². The number of aromatic nitrogens is 1. The summed E-state index contributed by atoms with van der Waals surface area (Å²) in [7, 11) is 0. The summed E-state index contributed by atoms with van der Waals surface area (Å²) in [4.78, 5) is 33.0. The minimum atomic E-state index is -1.13. The predicted molar refractivity (Wildman–Crippen MR) is 109 cm³/mol. The van der Waals surface area contributed by atoms with Gasteiger partial charge in [0.1, 0.15) is 29.6 Å². The van der Waals surface area contributed by atoms with Gasteiger partial charge in [0.2, 0.25) is 5.91 Å². The molecule has 3 rings (SSSR count). The molecule has 0 spiro atoms. The first-order valence-electron chi connectivity index (χ1n) is 9.49. The molecule has 3 heterocycles. The van der Waals surface area contributed by atoms with Crippen molar-refractivity contribution in [3.8, 4) is 6.07 Å². The molecule has 30 heavy (non-hydrogen) atoms. The zero-order valence-electron chi connectivity index (χ0n) is 16.4. The SMILES string of the molecule is CCC(=O)N(c1ccccn1)c1sc2c(c1C#N)CCN(C(=O)OCC(O)CO)C2. The third-order valence-electron chi connectivity index (χ3n) is 4.65. The normalized spacial score (nSPS) is 13.9. The lowest BCUT2D eigenvalue weighted by Gasteiger charge is -2.26. The number of hydrogen-bond acceptors (Lipinski definition) is 8. The maximum Gasteiger partial charge on any atom is 0.410 e. The Kier molecular flexibility index (Phi) is 6.99. The van der Waals surface area contributed by atoms with Gasteiger partial charge in [-0.2, -0.15) is 5.26 Å². The summed E-state index contributed by atoms with van der Waals surface area (Å²) in [6.07, 6.45) is 0.551. The molecule has 2 aromatic rings. The van der Waals surface area contributed by atoms with Gasteiger partial charge in [0.25, 0.3) is 0 Å². The van der Waals surface area contributed by atoms with Crippen molar-refractivity contribution >= 4 is 34.2 Å². The second-order valence-electron chi connectivity index (χ2n) is 6.65. The van der Waals surface area contributed by atoms with Gasteiger partial charge in [-0.15, -0.1) is 11.3 Å². The van der Waals surface area contributed by atoms with Crippen LogP contribution in [0.1, 0.15) is 29.3 Å². The van der Waals surface area contributed by atoms with Crippen molar-refractivity contribution in [1.29, 1.82) is 5.26 Å². The number of amides is 2. The van der Waals surface area contributed by atoms with Crippen LogP contribution in [-0.2, 0) is 22.5 Å². The Morgan fingerprint density at radius 3 is 2.90 bits per heavy atom. The highest BCUT2D eigenvalue weighted by atomic mass is 32.1. The molecular weight excluding hydrogens is 408 g/mol. The number of thiophene rings is 1. The fourth-order valence-electron chi connectivity index (χ4n) is 3.12. The Hall–Kier alpha value is -3.00. The fourth-order valence-corrected chi connectivity index (χ4v) is 4.46. The van der Waals surface area contributed by atoms with Gasteiger partial charge in [-0.25, -0.2) is 9.78 Å². The van der Waals surface area contributed by atoms with E-state index in [0.29, 0.717) is 29.3 Å². The van der Waals surface area contributed by atoms with E-state index in [4.69, 9.17) is 9.84 Å². The van der Waals surface area contributed by atoms with Gasteiger partial charge in [-0.1, -0.05) is 13.0 Å². The molecule has 0 saturated heterocycles. The van der Waals surface area contributed by atoms with E-state index in [1.54, 1.807) is 31.3 Å². The van der Waals surface area contributed by atoms with Crippen LogP contribution < -0.4 is 4.90 Å². The van der Waals surface area contributed by atoms with Gasteiger partial charge in [0, 0.05) is 24.0 Å². The van der Waals surface area contributed by atoms with Crippen molar-refractivity contribution < 1.29 is 24.5 Å². The van der Waals surface area contributed by atoms with E-state index in [1.165, 1.54) is 21.1 Å². The summed E-state index contributed by atoms with van der Waals surface area (Å²) >= 11 is 1.29. The third-order valence-corrected chi connectivity index (χ3v) is 5.85. The number of hydrogen-bond donors (Lipinski definition) is 2. The van der Waals surface area contributed by atoms with Crippen molar-refractivity contribution in [2.75, 3.05) is 24.7 Å². The first-order chi connectivity index (χ1) is 14.5. The summed E-state index contributed by atoms with van der Waals surface area (Å²) in [5.41, 5.74) is 1.24. The molecule has 0 aromatic carbocycles. The quantitative estimate of drug-likeness (QED) is 0.717. The minimum Gasteiger partial charge on any atom is -0.447 e. The minimum absolute atomic E-state index is 0.182. The number of nitriles is 1. The summed E-state index contributed by atoms with van der Waals surface area (Å²) in [5.74, 6) is 0.256. The lowest BCUT2D eigenvalue weighted by molar-refractivity contribution is -0.117. The Balaban J connectivity index is 1.90. The number of ether oxygens (including phenoxy) is 1. The first kappa shape index (κ1) is 21.7. The van der Waals surface area contributed by atoms with E-state index < -0.39 is 18.8 Å². The molecule has 10 heteroatoms. The zero-order chi connectivity index (χ0) is 21.7. The Labute approximate surface area is 177 Å². The smallest absolute Gasteiger partial charge is 0.410 e. The zero-order valence-corrected chi connectivity index (χ0v) is 17.3. The van der Waals surface area contributed by atoms with E-state index in [-0.39, 0.29) is 25.5 Å². The molecule has 9 nitrogen and oxygen atoms in total. The number of anilines is 2. The summed E-state index contributed by atoms with van der Waals surface area (Å²) in [5, 5.41) is 28.5. The van der Waals surface area contributed by atoms with Gasteiger partial charge < -0.3 is 19.8 Å². The molecule has 1 unspecified atom stereocenters. The molecule has 0 aliphatic carbocycles. The average molecular weight is 430 g/mol. The number of rotatable bonds is 6. The molecule has 0 saturated carbocycles. The average Bonchev–Trinajstić information content (AvgIpc) is 3.14. The van der Waals surface area contributed by atoms with Crippen LogP contribution in [0.2, 0.25) is 0 Å². The highest BCUT2D eigenvalue weighted by Gasteiger charge is 2.31. The van der Waals surface area contributed by atoms with Crippen LogP contribution in [0.25, 0.3) is 0 Å². The molecule has 1 atom stereocenters. The second kappa shape index (κ2) is 9.67. The first-order valence-corrected chi connectivity index (χ1v) is 10.3. The number of carbonyl (C=O) groups is 2. The summed E-state index contributed by atoms with van der Waals surface area (Å²) < 4.78 is 5.03. The molecule has 158 valence electrons. The van der Waals surface area contributed by atoms with Crippen molar-refractivity contribution in [3.63, 3.8) is 0 Å². The predicted octanol–water partition coefficient (Wildman–Crippen LogP) is 1.94. The highest BCUT2D eigenvalue weighted by molar-refractivity contribution is 7.16. The van der Waals surface area contributed by atoms with Crippen LogP contribution in [0.3, 0.4) is 0 Å². The number of aliphatic hydroxyl groups is 2. The van der Waals surface area contributed by atoms with Crippen molar-refractivity contribution in [3.05, 3.63) is 40.4 Å². The van der Waals surface area contributed by atoms with Crippen LogP contribution in [0.5, 0.6) is 0 Å². The number of nitrogens with zero attached hydrogens (tertiary/aromatic N) is 4. The molecule has 1 aliphatic rings. The maximum atomic E-state index is 12.7. The molecular formula is C20H22N4O5S. The molecule has 0 radical (unpaired) electrons. The van der Waals surface area contributed by atoms with Gasteiger partial charge in [0.05, 0.1) is 18.7 Å². The van der Waals surface area contributed by atoms with Crippen molar-refractivity contribution in [2.45, 2.75) is 32.4 Å². The van der Waals surface area contributed by atoms with Crippen LogP contribution in [-0.4, -0.2) is 58.0 Å². The molecule has 2 N–H and O–H groups in total. The van der Waals surface area contributed by atoms with Crippen LogP contribution >= 0.6 is 11.3 Å². The lowest BCUT2D eigenvalue weighted by Crippen LogP contribution is -2.37. The van der Waals surface area contributed by atoms with E-state index in [1.807, 2.05) is 0 Å². The number of carbonyl (C=O) groups excluding carboxylic acids is 2. The number of fused-ring (bicyclic) bond motifs is 1. The van der Waals surface area contributed by atoms with Crippen molar-refractivity contribution in [1.82, 2.24) is 9.88 Å². The third kappa shape index (κ3) is 4.43. The van der Waals surface area contributed by atoms with E-state index in [0.717, 1.165) is 10.4 Å². The molecule has 2 amide bonds. The molecule has 1 aliphatic heterocycles. The Bertz CT molecular complexity index is 956. The molecule has 0 fully saturated rings. The van der Waals surface area contributed by atoms with Gasteiger partial charge in [-0.3, -0.25) is 9.69 Å². The van der Waals surface area contributed by atoms with Gasteiger partial charge in [0.15, 0.2) is 0 Å².